The smallest absolute Gasteiger partial charge is 0.0230 e. The largest absolute Gasteiger partial charge is 0.102 e. The molecule has 0 atom stereocenters. The maximum absolute atomic E-state index is 3.41. The summed E-state index contributed by atoms with van der Waals surface area (Å²) < 4.78 is 0. The van der Waals surface area contributed by atoms with Gasteiger partial charge in [0.25, 0.3) is 0 Å². The van der Waals surface area contributed by atoms with Gasteiger partial charge in [-0.3, -0.25) is 0 Å². The predicted octanol–water partition coefficient (Wildman–Crippen LogP) is 1.87. The molecule has 1 radical (unpaired) electrons. The van der Waals surface area contributed by atoms with Crippen molar-refractivity contribution in [1.82, 2.24) is 0 Å². The summed E-state index contributed by atoms with van der Waals surface area (Å²) >= 11 is 0. The van der Waals surface area contributed by atoms with E-state index in [1.165, 1.54) is 0 Å². The molecule has 0 aliphatic rings. The van der Waals surface area contributed by atoms with Gasteiger partial charge in [-0.1, -0.05) is 5.92 Å². The molecule has 0 aromatic heterocycles. The van der Waals surface area contributed by atoms with Gasteiger partial charge in [-0.05, 0) is 20.8 Å². The fraction of sp³-hybridized carbons (Fsp3) is 0.571. The van der Waals surface area contributed by atoms with Crippen molar-refractivity contribution in [3.8, 4) is 11.8 Å². The third-order valence-electron chi connectivity index (χ3n) is 0.463. The molecule has 0 aromatic rings. The molecule has 0 aliphatic heterocycles. The third kappa shape index (κ3) is 5.56. The molecule has 0 saturated carbocycles. The quantitative estimate of drug-likeness (QED) is 0.403. The summed E-state index contributed by atoms with van der Waals surface area (Å²) in [6, 6.07) is 0. The summed E-state index contributed by atoms with van der Waals surface area (Å²) in [5.41, 5.74) is 0.127. The lowest BCUT2D eigenvalue weighted by molar-refractivity contribution is 0.571. The van der Waals surface area contributed by atoms with E-state index in [4.69, 9.17) is 0 Å². The second-order valence-corrected chi connectivity index (χ2v) is 2.55. The highest BCUT2D eigenvalue weighted by Crippen LogP contribution is 2.08. The van der Waals surface area contributed by atoms with Gasteiger partial charge in [0.15, 0.2) is 0 Å². The normalized spacial score (nSPS) is 9.71. The molecule has 0 amide bonds. The molecule has 0 spiro atoms. The van der Waals surface area contributed by atoms with Crippen molar-refractivity contribution in [2.24, 2.45) is 5.41 Å². The number of hydrogen-bond acceptors (Lipinski definition) is 0. The second-order valence-electron chi connectivity index (χ2n) is 2.55. The first kappa shape index (κ1) is 6.56. The molecule has 0 bridgehead atoms. The maximum atomic E-state index is 3.41. The number of hydrogen-bond donors (Lipinski definition) is 0. The van der Waals surface area contributed by atoms with Crippen LogP contribution in [-0.2, 0) is 0 Å². The Bertz CT molecular complexity index is 93.4. The van der Waals surface area contributed by atoms with Crippen molar-refractivity contribution in [2.45, 2.75) is 20.8 Å². The van der Waals surface area contributed by atoms with Gasteiger partial charge in [-0.25, -0.2) is 0 Å². The summed E-state index contributed by atoms with van der Waals surface area (Å²) in [7, 11) is 0. The molecule has 7 heavy (non-hydrogen) atoms. The molecule has 0 saturated heterocycles. The monoisotopic (exact) mass is 95.1 g/mol. The standard InChI is InChI=1S/C7H11/c1-5-6-7(2,3)4/h1H2,2-4H3. The molecule has 0 nitrogen and oxygen atoms in total. The van der Waals surface area contributed by atoms with Crippen molar-refractivity contribution in [3.63, 3.8) is 0 Å². The molecule has 0 unspecified atom stereocenters. The highest BCUT2D eigenvalue weighted by molar-refractivity contribution is 5.08. The molecule has 0 N–H and O–H groups in total. The number of rotatable bonds is 0. The lowest BCUT2D eigenvalue weighted by Crippen LogP contribution is -1.98. The Morgan fingerprint density at radius 2 is 1.71 bits per heavy atom. The van der Waals surface area contributed by atoms with Gasteiger partial charge >= 0.3 is 0 Å². The SMILES string of the molecule is [CH2]C#CC(C)(C)C. The van der Waals surface area contributed by atoms with E-state index in [1.54, 1.807) is 0 Å². The minimum absolute atomic E-state index is 0.127. The molecular formula is C7H11. The van der Waals surface area contributed by atoms with Crippen LogP contribution in [0.3, 0.4) is 0 Å². The highest BCUT2D eigenvalue weighted by Gasteiger charge is 2.01. The predicted molar refractivity (Wildman–Crippen MR) is 32.6 cm³/mol. The van der Waals surface area contributed by atoms with Crippen LogP contribution in [0.15, 0.2) is 0 Å². The average Bonchev–Trinajstić information content (AvgIpc) is 1.30. The zero-order valence-electron chi connectivity index (χ0n) is 5.21. The Morgan fingerprint density at radius 3 is 1.71 bits per heavy atom. The van der Waals surface area contributed by atoms with E-state index in [9.17, 15) is 0 Å². The highest BCUT2D eigenvalue weighted by atomic mass is 14.0. The van der Waals surface area contributed by atoms with Crippen LogP contribution in [-0.4, -0.2) is 0 Å². The van der Waals surface area contributed by atoms with Crippen LogP contribution in [0.25, 0.3) is 0 Å². The first-order chi connectivity index (χ1) is 3.06. The second kappa shape index (κ2) is 2.02. The zero-order chi connectivity index (χ0) is 5.91. The molecule has 0 heterocycles. The minimum atomic E-state index is 0.127. The third-order valence-corrected chi connectivity index (χ3v) is 0.463. The fourth-order valence-corrected chi connectivity index (χ4v) is 0.265. The van der Waals surface area contributed by atoms with Crippen molar-refractivity contribution >= 4 is 0 Å². The molecule has 0 rings (SSSR count). The first-order valence-electron chi connectivity index (χ1n) is 2.35. The van der Waals surface area contributed by atoms with E-state index in [0.717, 1.165) is 0 Å². The fourth-order valence-electron chi connectivity index (χ4n) is 0.265. The summed E-state index contributed by atoms with van der Waals surface area (Å²) in [6.07, 6.45) is 0. The van der Waals surface area contributed by atoms with Gasteiger partial charge in [0.1, 0.15) is 0 Å². The van der Waals surface area contributed by atoms with Crippen molar-refractivity contribution in [2.75, 3.05) is 0 Å². The van der Waals surface area contributed by atoms with Crippen LogP contribution in [0.2, 0.25) is 0 Å². The molecule has 39 valence electrons. The van der Waals surface area contributed by atoms with Gasteiger partial charge in [-0.15, -0.1) is 5.92 Å². The van der Waals surface area contributed by atoms with Gasteiger partial charge in [-0.2, -0.15) is 0 Å². The van der Waals surface area contributed by atoms with Crippen LogP contribution in [0.4, 0.5) is 0 Å². The van der Waals surface area contributed by atoms with Crippen molar-refractivity contribution < 1.29 is 0 Å². The van der Waals surface area contributed by atoms with Gasteiger partial charge in [0.05, 0.1) is 0 Å². The lowest BCUT2D eigenvalue weighted by atomic mass is 9.98. The molecule has 0 aromatic carbocycles. The van der Waals surface area contributed by atoms with Crippen LogP contribution in [0.5, 0.6) is 0 Å². The molecule has 0 fully saturated rings. The van der Waals surface area contributed by atoms with E-state index in [2.05, 4.69) is 39.5 Å². The van der Waals surface area contributed by atoms with Crippen molar-refractivity contribution in [1.29, 1.82) is 0 Å². The van der Waals surface area contributed by atoms with Gasteiger partial charge in [0.2, 0.25) is 0 Å². The van der Waals surface area contributed by atoms with Crippen LogP contribution >= 0.6 is 0 Å². The van der Waals surface area contributed by atoms with Crippen LogP contribution < -0.4 is 0 Å². The lowest BCUT2D eigenvalue weighted by Gasteiger charge is -2.05. The van der Waals surface area contributed by atoms with Crippen LogP contribution in [0, 0.1) is 24.2 Å². The first-order valence-corrected chi connectivity index (χ1v) is 2.35. The molecular weight excluding hydrogens is 84.1 g/mol. The average molecular weight is 95.2 g/mol. The van der Waals surface area contributed by atoms with Gasteiger partial charge in [0, 0.05) is 12.3 Å². The Morgan fingerprint density at radius 1 is 1.29 bits per heavy atom. The summed E-state index contributed by atoms with van der Waals surface area (Å²) in [4.78, 5) is 0. The zero-order valence-corrected chi connectivity index (χ0v) is 5.21. The Hall–Kier alpha value is -0.440. The maximum Gasteiger partial charge on any atom is 0.0230 e. The Balaban J connectivity index is 3.72. The topological polar surface area (TPSA) is 0 Å². The van der Waals surface area contributed by atoms with Crippen molar-refractivity contribution in [3.05, 3.63) is 6.92 Å². The van der Waals surface area contributed by atoms with E-state index < -0.39 is 0 Å². The van der Waals surface area contributed by atoms with E-state index in [-0.39, 0.29) is 5.41 Å². The van der Waals surface area contributed by atoms with Crippen LogP contribution in [0.1, 0.15) is 20.8 Å². The van der Waals surface area contributed by atoms with E-state index >= 15 is 0 Å². The minimum Gasteiger partial charge on any atom is -0.102 e. The summed E-state index contributed by atoms with van der Waals surface area (Å²) in [5.74, 6) is 5.53. The van der Waals surface area contributed by atoms with E-state index in [0.29, 0.717) is 0 Å². The van der Waals surface area contributed by atoms with E-state index in [1.807, 2.05) is 0 Å². The van der Waals surface area contributed by atoms with Gasteiger partial charge < -0.3 is 0 Å². The summed E-state index contributed by atoms with van der Waals surface area (Å²) in [6.45, 7) is 9.59. The molecule has 0 aliphatic carbocycles. The Kier molecular flexibility index (Phi) is 1.90. The Labute approximate surface area is 45.9 Å². The molecule has 0 heteroatoms. The summed E-state index contributed by atoms with van der Waals surface area (Å²) in [5, 5.41) is 0.